The summed E-state index contributed by atoms with van der Waals surface area (Å²) < 4.78 is 1.92. The van der Waals surface area contributed by atoms with Gasteiger partial charge in [0.2, 0.25) is 0 Å². The molecule has 8 heteroatoms. The first-order valence-electron chi connectivity index (χ1n) is 7.97. The van der Waals surface area contributed by atoms with Gasteiger partial charge in [0.15, 0.2) is 5.82 Å². The van der Waals surface area contributed by atoms with E-state index in [2.05, 4.69) is 25.7 Å². The lowest BCUT2D eigenvalue weighted by Gasteiger charge is -2.23. The number of hydrogen-bond acceptors (Lipinski definition) is 5. The summed E-state index contributed by atoms with van der Waals surface area (Å²) in [6.07, 6.45) is 2.70. The lowest BCUT2D eigenvalue weighted by atomic mass is 10.1. The maximum absolute atomic E-state index is 12.2. The summed E-state index contributed by atoms with van der Waals surface area (Å²) in [4.78, 5) is 22.2. The summed E-state index contributed by atoms with van der Waals surface area (Å²) in [5.74, 6) is 1.71. The zero-order valence-electron chi connectivity index (χ0n) is 13.7. The number of aryl methyl sites for hydroxylation is 4. The average Bonchev–Trinajstić information content (AvgIpc) is 3.08. The van der Waals surface area contributed by atoms with Crippen LogP contribution in [0.25, 0.3) is 0 Å². The van der Waals surface area contributed by atoms with E-state index in [0.29, 0.717) is 6.54 Å². The number of fused-ring (bicyclic) bond motifs is 1. The zero-order chi connectivity index (χ0) is 16.4. The number of nitrogens with one attached hydrogen (secondary N) is 2. The smallest absolute Gasteiger partial charge is 0.315 e. The van der Waals surface area contributed by atoms with Gasteiger partial charge in [0.1, 0.15) is 5.82 Å². The maximum Gasteiger partial charge on any atom is 0.315 e. The van der Waals surface area contributed by atoms with Crippen LogP contribution >= 0.6 is 11.3 Å². The SMILES string of the molecule is CCc1nc2n(n1)CCC[C@@H]2NC(=O)NCc1sc(C)nc1C. The zero-order valence-corrected chi connectivity index (χ0v) is 14.5. The standard InChI is InChI=1S/C15H22N6OS/c1-4-13-19-14-11(6-5-7-21(14)20-13)18-15(22)16-8-12-9(2)17-10(3)23-12/h11H,4-8H2,1-3H3,(H2,16,18,22)/t11-/m0/s1. The van der Waals surface area contributed by atoms with Crippen LogP contribution in [-0.2, 0) is 19.5 Å². The van der Waals surface area contributed by atoms with E-state index in [4.69, 9.17) is 0 Å². The van der Waals surface area contributed by atoms with Gasteiger partial charge in [-0.25, -0.2) is 19.4 Å². The van der Waals surface area contributed by atoms with Crippen LogP contribution in [-0.4, -0.2) is 25.8 Å². The molecule has 7 nitrogen and oxygen atoms in total. The van der Waals surface area contributed by atoms with Crippen LogP contribution in [0.15, 0.2) is 0 Å². The first-order valence-corrected chi connectivity index (χ1v) is 8.79. The molecule has 0 radical (unpaired) electrons. The third kappa shape index (κ3) is 3.52. The quantitative estimate of drug-likeness (QED) is 0.898. The number of aromatic nitrogens is 4. The molecule has 0 bridgehead atoms. The van der Waals surface area contributed by atoms with Crippen molar-refractivity contribution in [2.24, 2.45) is 0 Å². The molecule has 2 aromatic heterocycles. The third-order valence-corrected chi connectivity index (χ3v) is 5.02. The second kappa shape index (κ2) is 6.66. The van der Waals surface area contributed by atoms with E-state index in [1.165, 1.54) is 0 Å². The van der Waals surface area contributed by atoms with Gasteiger partial charge in [-0.3, -0.25) is 0 Å². The van der Waals surface area contributed by atoms with Crippen molar-refractivity contribution in [1.29, 1.82) is 0 Å². The first-order chi connectivity index (χ1) is 11.1. The first kappa shape index (κ1) is 15.9. The van der Waals surface area contributed by atoms with E-state index in [0.717, 1.165) is 53.0 Å². The fraction of sp³-hybridized carbons (Fsp3) is 0.600. The molecule has 0 saturated heterocycles. The number of carbonyl (C=O) groups is 1. The number of carbonyl (C=O) groups excluding carboxylic acids is 1. The van der Waals surface area contributed by atoms with Gasteiger partial charge in [-0.15, -0.1) is 11.3 Å². The van der Waals surface area contributed by atoms with E-state index in [1.807, 2.05) is 25.5 Å². The molecule has 0 aromatic carbocycles. The van der Waals surface area contributed by atoms with Gasteiger partial charge in [0.25, 0.3) is 0 Å². The average molecular weight is 334 g/mol. The highest BCUT2D eigenvalue weighted by Gasteiger charge is 2.25. The molecule has 0 aliphatic carbocycles. The molecular weight excluding hydrogens is 312 g/mol. The Kier molecular flexibility index (Phi) is 4.61. The lowest BCUT2D eigenvalue weighted by molar-refractivity contribution is 0.232. The van der Waals surface area contributed by atoms with Crippen molar-refractivity contribution in [2.75, 3.05) is 0 Å². The largest absolute Gasteiger partial charge is 0.333 e. The van der Waals surface area contributed by atoms with Crippen LogP contribution in [0.5, 0.6) is 0 Å². The highest BCUT2D eigenvalue weighted by atomic mass is 32.1. The molecule has 1 atom stereocenters. The fourth-order valence-corrected chi connectivity index (χ4v) is 3.67. The summed E-state index contributed by atoms with van der Waals surface area (Å²) in [5, 5.41) is 11.4. The molecule has 0 saturated carbocycles. The van der Waals surface area contributed by atoms with Crippen molar-refractivity contribution in [2.45, 2.75) is 59.2 Å². The Bertz CT molecular complexity index is 707. The van der Waals surface area contributed by atoms with Gasteiger partial charge in [-0.05, 0) is 26.7 Å². The van der Waals surface area contributed by atoms with Gasteiger partial charge in [-0.1, -0.05) is 6.92 Å². The molecule has 2 N–H and O–H groups in total. The van der Waals surface area contributed by atoms with Crippen LogP contribution in [0.3, 0.4) is 0 Å². The lowest BCUT2D eigenvalue weighted by Crippen LogP contribution is -2.39. The van der Waals surface area contributed by atoms with Crippen molar-refractivity contribution >= 4 is 17.4 Å². The minimum Gasteiger partial charge on any atom is -0.333 e. The molecular formula is C15H22N6OS. The second-order valence-electron chi connectivity index (χ2n) is 5.73. The molecule has 1 aliphatic rings. The number of hydrogen-bond donors (Lipinski definition) is 2. The Morgan fingerprint density at radius 2 is 2.22 bits per heavy atom. The molecule has 3 heterocycles. The van der Waals surface area contributed by atoms with Crippen molar-refractivity contribution in [3.8, 4) is 0 Å². The molecule has 2 aromatic rings. The molecule has 2 amide bonds. The highest BCUT2D eigenvalue weighted by molar-refractivity contribution is 7.11. The topological polar surface area (TPSA) is 84.7 Å². The minimum absolute atomic E-state index is 0.0687. The number of urea groups is 1. The van der Waals surface area contributed by atoms with E-state index in [1.54, 1.807) is 11.3 Å². The molecule has 0 fully saturated rings. The van der Waals surface area contributed by atoms with E-state index < -0.39 is 0 Å². The predicted molar refractivity (Wildman–Crippen MR) is 88.3 cm³/mol. The number of nitrogens with zero attached hydrogens (tertiary/aromatic N) is 4. The van der Waals surface area contributed by atoms with E-state index in [-0.39, 0.29) is 12.1 Å². The van der Waals surface area contributed by atoms with Crippen molar-refractivity contribution < 1.29 is 4.79 Å². The fourth-order valence-electron chi connectivity index (χ4n) is 2.79. The van der Waals surface area contributed by atoms with Crippen LogP contribution < -0.4 is 10.6 Å². The van der Waals surface area contributed by atoms with Gasteiger partial charge < -0.3 is 10.6 Å². The van der Waals surface area contributed by atoms with Gasteiger partial charge >= 0.3 is 6.03 Å². The molecule has 23 heavy (non-hydrogen) atoms. The van der Waals surface area contributed by atoms with Gasteiger partial charge in [0.05, 0.1) is 23.3 Å². The van der Waals surface area contributed by atoms with Crippen LogP contribution in [0, 0.1) is 13.8 Å². The molecule has 0 spiro atoms. The number of amides is 2. The van der Waals surface area contributed by atoms with E-state index >= 15 is 0 Å². The Labute approximate surface area is 139 Å². The molecule has 0 unspecified atom stereocenters. The highest BCUT2D eigenvalue weighted by Crippen LogP contribution is 2.23. The van der Waals surface area contributed by atoms with Gasteiger partial charge in [-0.2, -0.15) is 5.10 Å². The predicted octanol–water partition coefficient (Wildman–Crippen LogP) is 2.25. The summed E-state index contributed by atoms with van der Waals surface area (Å²) in [6.45, 7) is 7.36. The Hall–Kier alpha value is -1.96. The Balaban J connectivity index is 1.60. The van der Waals surface area contributed by atoms with Crippen molar-refractivity contribution in [1.82, 2.24) is 30.4 Å². The Morgan fingerprint density at radius 1 is 1.39 bits per heavy atom. The van der Waals surface area contributed by atoms with Crippen molar-refractivity contribution in [3.05, 3.63) is 27.2 Å². The number of rotatable bonds is 4. The van der Waals surface area contributed by atoms with Crippen LogP contribution in [0.2, 0.25) is 0 Å². The van der Waals surface area contributed by atoms with Crippen molar-refractivity contribution in [3.63, 3.8) is 0 Å². The molecule has 1 aliphatic heterocycles. The maximum atomic E-state index is 12.2. The summed E-state index contributed by atoms with van der Waals surface area (Å²) in [5.41, 5.74) is 0.984. The second-order valence-corrected chi connectivity index (χ2v) is 7.01. The van der Waals surface area contributed by atoms with E-state index in [9.17, 15) is 4.79 Å². The minimum atomic E-state index is -0.171. The molecule has 3 rings (SSSR count). The third-order valence-electron chi connectivity index (χ3n) is 3.95. The summed E-state index contributed by atoms with van der Waals surface area (Å²) in [6, 6.07) is -0.240. The molecule has 124 valence electrons. The summed E-state index contributed by atoms with van der Waals surface area (Å²) >= 11 is 1.62. The monoisotopic (exact) mass is 334 g/mol. The normalized spacial score (nSPS) is 16.9. The van der Waals surface area contributed by atoms with Gasteiger partial charge in [0, 0.05) is 17.8 Å². The number of thiazole rings is 1. The van der Waals surface area contributed by atoms with Crippen LogP contribution in [0.4, 0.5) is 4.79 Å². The van der Waals surface area contributed by atoms with Crippen LogP contribution in [0.1, 0.15) is 53.0 Å². The summed E-state index contributed by atoms with van der Waals surface area (Å²) in [7, 11) is 0. The Morgan fingerprint density at radius 3 is 2.91 bits per heavy atom.